The molecule has 0 aromatic heterocycles. The number of methoxy groups -OCH3 is 1. The van der Waals surface area contributed by atoms with Gasteiger partial charge in [0.25, 0.3) is 0 Å². The van der Waals surface area contributed by atoms with Gasteiger partial charge in [-0.1, -0.05) is 24.6 Å². The summed E-state index contributed by atoms with van der Waals surface area (Å²) in [6.07, 6.45) is 3.85. The molecule has 0 radical (unpaired) electrons. The van der Waals surface area contributed by atoms with Gasteiger partial charge in [0, 0.05) is 38.1 Å². The van der Waals surface area contributed by atoms with Gasteiger partial charge in [0.05, 0.1) is 18.6 Å². The largest absolute Gasteiger partial charge is 0.383 e. The van der Waals surface area contributed by atoms with Gasteiger partial charge in [-0.3, -0.25) is 19.3 Å². The molecule has 2 heterocycles. The molecule has 2 saturated heterocycles. The standard InChI is InChI=1S/C22H27FN2O4/c1-29-10-9-24-19(26)12-22(21(24)28,17-7-2-3-8-18(17)23)13-20(27)25-14-15-5-4-6-16(25)11-15/h2-3,7-8,15-16H,4-6,9-14H2,1H3/t15-,16-,22+/m1/s1. The van der Waals surface area contributed by atoms with Gasteiger partial charge in [-0.2, -0.15) is 0 Å². The van der Waals surface area contributed by atoms with E-state index in [0.717, 1.165) is 30.6 Å². The van der Waals surface area contributed by atoms with Crippen molar-refractivity contribution in [3.8, 4) is 0 Å². The van der Waals surface area contributed by atoms with Crippen molar-refractivity contribution in [1.29, 1.82) is 0 Å². The third kappa shape index (κ3) is 3.45. The Kier molecular flexibility index (Phi) is 5.42. The van der Waals surface area contributed by atoms with E-state index in [1.54, 1.807) is 12.1 Å². The van der Waals surface area contributed by atoms with Crippen LogP contribution in [0.15, 0.2) is 24.3 Å². The molecular weight excluding hydrogens is 375 g/mol. The maximum Gasteiger partial charge on any atom is 0.241 e. The molecule has 0 N–H and O–H groups in total. The van der Waals surface area contributed by atoms with Crippen LogP contribution in [0.1, 0.15) is 44.1 Å². The number of halogens is 1. The summed E-state index contributed by atoms with van der Waals surface area (Å²) < 4.78 is 19.8. The number of carbonyl (C=O) groups is 3. The predicted octanol–water partition coefficient (Wildman–Crippen LogP) is 2.26. The van der Waals surface area contributed by atoms with Crippen LogP contribution in [0, 0.1) is 11.7 Å². The third-order valence-corrected chi connectivity index (χ3v) is 6.74. The summed E-state index contributed by atoms with van der Waals surface area (Å²) in [4.78, 5) is 42.4. The van der Waals surface area contributed by atoms with Crippen LogP contribution in [-0.2, 0) is 24.5 Å². The minimum absolute atomic E-state index is 0.104. The molecule has 29 heavy (non-hydrogen) atoms. The van der Waals surface area contributed by atoms with Crippen LogP contribution in [0.3, 0.4) is 0 Å². The SMILES string of the molecule is COCCN1C(=O)C[C@](CC(=O)N2C[C@@H]3CCC[C@@H]2C3)(c2ccccc2F)C1=O. The van der Waals surface area contributed by atoms with Gasteiger partial charge in [-0.15, -0.1) is 0 Å². The molecule has 0 spiro atoms. The lowest BCUT2D eigenvalue weighted by atomic mass is 9.75. The Balaban J connectivity index is 1.67. The maximum absolute atomic E-state index is 14.8. The minimum atomic E-state index is -1.48. The number of carbonyl (C=O) groups excluding carboxylic acids is 3. The van der Waals surface area contributed by atoms with E-state index in [9.17, 15) is 18.8 Å². The minimum Gasteiger partial charge on any atom is -0.383 e. The highest BCUT2D eigenvalue weighted by Gasteiger charge is 2.55. The zero-order valence-corrected chi connectivity index (χ0v) is 16.7. The molecule has 0 unspecified atom stereocenters. The smallest absolute Gasteiger partial charge is 0.241 e. The number of amides is 3. The Bertz CT molecular complexity index is 829. The number of benzene rings is 1. The molecule has 1 aliphatic carbocycles. The molecule has 1 aromatic carbocycles. The molecule has 1 aromatic rings. The molecule has 7 heteroatoms. The van der Waals surface area contributed by atoms with Gasteiger partial charge in [0.1, 0.15) is 5.82 Å². The summed E-state index contributed by atoms with van der Waals surface area (Å²) >= 11 is 0. The van der Waals surface area contributed by atoms with Gasteiger partial charge >= 0.3 is 0 Å². The quantitative estimate of drug-likeness (QED) is 0.685. The van der Waals surface area contributed by atoms with E-state index in [4.69, 9.17) is 4.74 Å². The summed E-state index contributed by atoms with van der Waals surface area (Å²) in [5, 5.41) is 0. The van der Waals surface area contributed by atoms with E-state index in [2.05, 4.69) is 0 Å². The van der Waals surface area contributed by atoms with Gasteiger partial charge in [-0.25, -0.2) is 4.39 Å². The summed E-state index contributed by atoms with van der Waals surface area (Å²) in [7, 11) is 1.49. The third-order valence-electron chi connectivity index (χ3n) is 6.74. The maximum atomic E-state index is 14.8. The van der Waals surface area contributed by atoms with Crippen molar-refractivity contribution in [2.24, 2.45) is 5.92 Å². The summed E-state index contributed by atoms with van der Waals surface area (Å²) in [6.45, 7) is 1.01. The predicted molar refractivity (Wildman–Crippen MR) is 103 cm³/mol. The van der Waals surface area contributed by atoms with Crippen LogP contribution >= 0.6 is 0 Å². The molecule has 3 fully saturated rings. The fourth-order valence-corrected chi connectivity index (χ4v) is 5.31. The molecule has 156 valence electrons. The number of rotatable bonds is 6. The molecule has 3 atom stereocenters. The molecule has 1 saturated carbocycles. The number of hydrogen-bond acceptors (Lipinski definition) is 4. The fraction of sp³-hybridized carbons (Fsp3) is 0.591. The number of fused-ring (bicyclic) bond motifs is 2. The number of hydrogen-bond donors (Lipinski definition) is 0. The topological polar surface area (TPSA) is 66.9 Å². The lowest BCUT2D eigenvalue weighted by Crippen LogP contribution is -2.45. The Morgan fingerprint density at radius 1 is 1.28 bits per heavy atom. The summed E-state index contributed by atoms with van der Waals surface area (Å²) in [5.74, 6) is -1.09. The van der Waals surface area contributed by atoms with Crippen LogP contribution in [0.2, 0.25) is 0 Å². The summed E-state index contributed by atoms with van der Waals surface area (Å²) in [6, 6.07) is 6.19. The lowest BCUT2D eigenvalue weighted by Gasteiger charge is -2.31. The first kappa shape index (κ1) is 20.0. The average Bonchev–Trinajstić information content (AvgIpc) is 3.13. The van der Waals surface area contributed by atoms with Crippen molar-refractivity contribution < 1.29 is 23.5 Å². The highest BCUT2D eigenvalue weighted by molar-refractivity contribution is 6.10. The molecular formula is C22H27FN2O4. The Hall–Kier alpha value is -2.28. The van der Waals surface area contributed by atoms with Crippen molar-refractivity contribution in [2.75, 3.05) is 26.8 Å². The van der Waals surface area contributed by atoms with Gasteiger partial charge in [0.2, 0.25) is 17.7 Å². The van der Waals surface area contributed by atoms with Gasteiger partial charge in [-0.05, 0) is 31.2 Å². The van der Waals surface area contributed by atoms with Gasteiger partial charge in [0.15, 0.2) is 0 Å². The Labute approximate surface area is 170 Å². The van der Waals surface area contributed by atoms with Gasteiger partial charge < -0.3 is 9.64 Å². The monoisotopic (exact) mass is 402 g/mol. The van der Waals surface area contributed by atoms with E-state index >= 15 is 0 Å². The lowest BCUT2D eigenvalue weighted by molar-refractivity contribution is -0.143. The second-order valence-electron chi connectivity index (χ2n) is 8.49. The first-order chi connectivity index (χ1) is 14.0. The van der Waals surface area contributed by atoms with E-state index in [1.807, 2.05) is 4.90 Å². The first-order valence-electron chi connectivity index (χ1n) is 10.3. The first-order valence-corrected chi connectivity index (χ1v) is 10.3. The normalized spacial score (nSPS) is 29.0. The van der Waals surface area contributed by atoms with E-state index in [-0.39, 0.29) is 49.4 Å². The number of likely N-dealkylation sites (tertiary alicyclic amines) is 2. The summed E-state index contributed by atoms with van der Waals surface area (Å²) in [5.41, 5.74) is -1.35. The fourth-order valence-electron chi connectivity index (χ4n) is 5.31. The second-order valence-corrected chi connectivity index (χ2v) is 8.49. The Morgan fingerprint density at radius 2 is 2.07 bits per heavy atom. The zero-order valence-electron chi connectivity index (χ0n) is 16.7. The number of ether oxygens (including phenoxy) is 1. The highest BCUT2D eigenvalue weighted by Crippen LogP contribution is 2.43. The van der Waals surface area contributed by atoms with Crippen molar-refractivity contribution in [2.45, 2.75) is 50.0 Å². The van der Waals surface area contributed by atoms with Crippen LogP contribution < -0.4 is 0 Å². The second kappa shape index (κ2) is 7.86. The zero-order chi connectivity index (χ0) is 20.6. The van der Waals surface area contributed by atoms with E-state index in [0.29, 0.717) is 12.5 Å². The highest BCUT2D eigenvalue weighted by atomic mass is 19.1. The van der Waals surface area contributed by atoms with Crippen molar-refractivity contribution in [3.05, 3.63) is 35.6 Å². The van der Waals surface area contributed by atoms with Crippen molar-refractivity contribution >= 4 is 17.7 Å². The Morgan fingerprint density at radius 3 is 2.79 bits per heavy atom. The molecule has 6 nitrogen and oxygen atoms in total. The van der Waals surface area contributed by atoms with Crippen LogP contribution in [0.25, 0.3) is 0 Å². The molecule has 4 rings (SSSR count). The van der Waals surface area contributed by atoms with Crippen molar-refractivity contribution in [3.63, 3.8) is 0 Å². The van der Waals surface area contributed by atoms with Crippen LogP contribution in [0.4, 0.5) is 4.39 Å². The molecule has 2 aliphatic heterocycles. The van der Waals surface area contributed by atoms with E-state index in [1.165, 1.54) is 19.2 Å². The van der Waals surface area contributed by atoms with Crippen LogP contribution in [0.5, 0.6) is 0 Å². The number of nitrogens with zero attached hydrogens (tertiary/aromatic N) is 2. The molecule has 3 amide bonds. The average molecular weight is 402 g/mol. The van der Waals surface area contributed by atoms with Crippen LogP contribution in [-0.4, -0.2) is 60.4 Å². The van der Waals surface area contributed by atoms with Crippen molar-refractivity contribution in [1.82, 2.24) is 9.80 Å². The molecule has 2 bridgehead atoms. The number of imide groups is 1. The molecule has 3 aliphatic rings. The van der Waals surface area contributed by atoms with E-state index < -0.39 is 17.1 Å².